The number of hydrogen-bond donors (Lipinski definition) is 0. The van der Waals surface area contributed by atoms with Gasteiger partial charge in [0.1, 0.15) is 5.76 Å². The number of ether oxygens (including phenoxy) is 1. The number of benzene rings is 1. The molecule has 0 spiro atoms. The number of halogens is 2. The smallest absolute Gasteiger partial charge is 0.374 e. The van der Waals surface area contributed by atoms with E-state index in [9.17, 15) is 4.79 Å². The predicted octanol–water partition coefficient (Wildman–Crippen LogP) is 4.65. The number of carbonyl (C=O) groups excluding carboxylic acids is 1. The Morgan fingerprint density at radius 2 is 2.06 bits per heavy atom. The molecule has 2 aromatic rings. The van der Waals surface area contributed by atoms with Crippen LogP contribution >= 0.6 is 31.9 Å². The molecule has 0 aliphatic rings. The zero-order valence-electron chi connectivity index (χ0n) is 9.57. The van der Waals surface area contributed by atoms with Gasteiger partial charge in [-0.15, -0.1) is 0 Å². The molecule has 1 aromatic heterocycles. The van der Waals surface area contributed by atoms with Crippen molar-refractivity contribution in [1.29, 1.82) is 0 Å². The standard InChI is InChI=1S/C13H10Br2O3/c1-2-17-13(16)12-6-5-11(18-12)9-4-3-8(14)7-10(9)15/h3-7H,2H2,1H3. The second-order valence-corrected chi connectivity index (χ2v) is 5.28. The van der Waals surface area contributed by atoms with Crippen LogP contribution in [0, 0.1) is 0 Å². The van der Waals surface area contributed by atoms with E-state index in [1.165, 1.54) is 0 Å². The van der Waals surface area contributed by atoms with Crippen LogP contribution in [0.25, 0.3) is 11.3 Å². The van der Waals surface area contributed by atoms with Gasteiger partial charge in [-0.2, -0.15) is 0 Å². The molecule has 2 rings (SSSR count). The van der Waals surface area contributed by atoms with E-state index in [0.717, 1.165) is 14.5 Å². The summed E-state index contributed by atoms with van der Waals surface area (Å²) in [6.07, 6.45) is 0. The molecule has 5 heteroatoms. The molecule has 0 atom stereocenters. The highest BCUT2D eigenvalue weighted by Gasteiger charge is 2.14. The maximum absolute atomic E-state index is 11.5. The molecular formula is C13H10Br2O3. The highest BCUT2D eigenvalue weighted by molar-refractivity contribution is 9.11. The zero-order chi connectivity index (χ0) is 13.1. The number of carbonyl (C=O) groups is 1. The Morgan fingerprint density at radius 1 is 1.28 bits per heavy atom. The molecule has 1 heterocycles. The molecular weight excluding hydrogens is 364 g/mol. The molecule has 3 nitrogen and oxygen atoms in total. The van der Waals surface area contributed by atoms with Crippen molar-refractivity contribution in [2.75, 3.05) is 6.61 Å². The van der Waals surface area contributed by atoms with Crippen LogP contribution in [0.2, 0.25) is 0 Å². The molecule has 94 valence electrons. The van der Waals surface area contributed by atoms with Gasteiger partial charge < -0.3 is 9.15 Å². The number of esters is 1. The van der Waals surface area contributed by atoms with Crippen LogP contribution in [0.1, 0.15) is 17.5 Å². The first kappa shape index (κ1) is 13.4. The fourth-order valence-corrected chi connectivity index (χ4v) is 2.73. The first-order chi connectivity index (χ1) is 8.61. The first-order valence-electron chi connectivity index (χ1n) is 5.34. The lowest BCUT2D eigenvalue weighted by Crippen LogP contribution is -2.02. The summed E-state index contributed by atoms with van der Waals surface area (Å²) in [6, 6.07) is 9.10. The fourth-order valence-electron chi connectivity index (χ4n) is 1.48. The molecule has 18 heavy (non-hydrogen) atoms. The molecule has 0 bridgehead atoms. The summed E-state index contributed by atoms with van der Waals surface area (Å²) >= 11 is 6.84. The van der Waals surface area contributed by atoms with Gasteiger partial charge >= 0.3 is 5.97 Å². The van der Waals surface area contributed by atoms with E-state index in [0.29, 0.717) is 12.4 Å². The molecule has 0 radical (unpaired) electrons. The van der Waals surface area contributed by atoms with Crippen LogP contribution in [-0.4, -0.2) is 12.6 Å². The van der Waals surface area contributed by atoms with Crippen LogP contribution < -0.4 is 0 Å². The lowest BCUT2D eigenvalue weighted by Gasteiger charge is -2.02. The van der Waals surface area contributed by atoms with E-state index in [1.54, 1.807) is 19.1 Å². The Bertz CT molecular complexity index is 575. The molecule has 0 saturated carbocycles. The lowest BCUT2D eigenvalue weighted by molar-refractivity contribution is 0.0491. The largest absolute Gasteiger partial charge is 0.460 e. The Hall–Kier alpha value is -1.07. The van der Waals surface area contributed by atoms with Crippen LogP contribution in [-0.2, 0) is 4.74 Å². The van der Waals surface area contributed by atoms with E-state index in [1.807, 2.05) is 18.2 Å². The minimum Gasteiger partial charge on any atom is -0.460 e. The van der Waals surface area contributed by atoms with Gasteiger partial charge in [0, 0.05) is 14.5 Å². The van der Waals surface area contributed by atoms with E-state index in [4.69, 9.17) is 9.15 Å². The SMILES string of the molecule is CCOC(=O)c1ccc(-c2ccc(Br)cc2Br)o1. The summed E-state index contributed by atoms with van der Waals surface area (Å²) in [5.74, 6) is 0.385. The van der Waals surface area contributed by atoms with Gasteiger partial charge in [-0.25, -0.2) is 4.79 Å². The highest BCUT2D eigenvalue weighted by Crippen LogP contribution is 2.32. The van der Waals surface area contributed by atoms with Crippen molar-refractivity contribution < 1.29 is 13.9 Å². The first-order valence-corrected chi connectivity index (χ1v) is 6.92. The monoisotopic (exact) mass is 372 g/mol. The Kier molecular flexibility index (Phi) is 4.24. The van der Waals surface area contributed by atoms with Crippen molar-refractivity contribution >= 4 is 37.8 Å². The van der Waals surface area contributed by atoms with Crippen LogP contribution in [0.5, 0.6) is 0 Å². The summed E-state index contributed by atoms with van der Waals surface area (Å²) < 4.78 is 12.2. The van der Waals surface area contributed by atoms with Crippen LogP contribution in [0.15, 0.2) is 43.7 Å². The molecule has 0 unspecified atom stereocenters. The van der Waals surface area contributed by atoms with Gasteiger partial charge in [-0.3, -0.25) is 0 Å². The average Bonchev–Trinajstić information content (AvgIpc) is 2.78. The Morgan fingerprint density at radius 3 is 2.72 bits per heavy atom. The Labute approximate surface area is 121 Å². The average molecular weight is 374 g/mol. The van der Waals surface area contributed by atoms with E-state index < -0.39 is 5.97 Å². The van der Waals surface area contributed by atoms with Gasteiger partial charge in [0.25, 0.3) is 0 Å². The number of rotatable bonds is 3. The summed E-state index contributed by atoms with van der Waals surface area (Å²) in [5, 5.41) is 0. The number of furan rings is 1. The van der Waals surface area contributed by atoms with Gasteiger partial charge in [0.15, 0.2) is 0 Å². The minimum atomic E-state index is -0.447. The fraction of sp³-hybridized carbons (Fsp3) is 0.154. The summed E-state index contributed by atoms with van der Waals surface area (Å²) in [4.78, 5) is 11.5. The summed E-state index contributed by atoms with van der Waals surface area (Å²) in [5.41, 5.74) is 0.883. The highest BCUT2D eigenvalue weighted by atomic mass is 79.9. The molecule has 0 saturated heterocycles. The molecule has 0 fully saturated rings. The van der Waals surface area contributed by atoms with E-state index in [-0.39, 0.29) is 5.76 Å². The molecule has 0 amide bonds. The van der Waals surface area contributed by atoms with Gasteiger partial charge in [-0.1, -0.05) is 15.9 Å². The van der Waals surface area contributed by atoms with Crippen molar-refractivity contribution in [3.05, 3.63) is 45.0 Å². The Balaban J connectivity index is 2.32. The second-order valence-electron chi connectivity index (χ2n) is 3.51. The third kappa shape index (κ3) is 2.84. The van der Waals surface area contributed by atoms with Crippen LogP contribution in [0.3, 0.4) is 0 Å². The van der Waals surface area contributed by atoms with Crippen LogP contribution in [0.4, 0.5) is 0 Å². The van der Waals surface area contributed by atoms with Gasteiger partial charge in [-0.05, 0) is 53.2 Å². The quantitative estimate of drug-likeness (QED) is 0.735. The maximum Gasteiger partial charge on any atom is 0.374 e. The molecule has 1 aromatic carbocycles. The topological polar surface area (TPSA) is 39.4 Å². The minimum absolute atomic E-state index is 0.210. The summed E-state index contributed by atoms with van der Waals surface area (Å²) in [7, 11) is 0. The van der Waals surface area contributed by atoms with E-state index >= 15 is 0 Å². The predicted molar refractivity (Wildman–Crippen MR) is 75.5 cm³/mol. The molecule has 0 aliphatic heterocycles. The molecule has 0 aliphatic carbocycles. The second kappa shape index (κ2) is 5.71. The van der Waals surface area contributed by atoms with E-state index in [2.05, 4.69) is 31.9 Å². The molecule has 0 N–H and O–H groups in total. The third-order valence-corrected chi connectivity index (χ3v) is 3.43. The van der Waals surface area contributed by atoms with Crippen molar-refractivity contribution in [2.24, 2.45) is 0 Å². The maximum atomic E-state index is 11.5. The zero-order valence-corrected chi connectivity index (χ0v) is 12.7. The van der Waals surface area contributed by atoms with Crippen molar-refractivity contribution in [3.63, 3.8) is 0 Å². The van der Waals surface area contributed by atoms with Crippen molar-refractivity contribution in [3.8, 4) is 11.3 Å². The number of hydrogen-bond acceptors (Lipinski definition) is 3. The normalized spacial score (nSPS) is 10.4. The van der Waals surface area contributed by atoms with Gasteiger partial charge in [0.2, 0.25) is 5.76 Å². The summed E-state index contributed by atoms with van der Waals surface area (Å²) in [6.45, 7) is 2.09. The van der Waals surface area contributed by atoms with Crippen molar-refractivity contribution in [2.45, 2.75) is 6.92 Å². The third-order valence-electron chi connectivity index (χ3n) is 2.28. The lowest BCUT2D eigenvalue weighted by atomic mass is 10.2. The van der Waals surface area contributed by atoms with Crippen molar-refractivity contribution in [1.82, 2.24) is 0 Å². The van der Waals surface area contributed by atoms with Gasteiger partial charge in [0.05, 0.1) is 6.61 Å².